The summed E-state index contributed by atoms with van der Waals surface area (Å²) in [5.74, 6) is 0.569. The summed E-state index contributed by atoms with van der Waals surface area (Å²) in [6.45, 7) is 5.82. The van der Waals surface area contributed by atoms with Crippen molar-refractivity contribution in [2.75, 3.05) is 0 Å². The van der Waals surface area contributed by atoms with Crippen LogP contribution in [0.1, 0.15) is 52.9 Å². The van der Waals surface area contributed by atoms with Crippen LogP contribution < -0.4 is 0 Å². The molecule has 0 aromatic rings. The lowest BCUT2D eigenvalue weighted by Crippen LogP contribution is -2.58. The van der Waals surface area contributed by atoms with E-state index in [1.807, 2.05) is 0 Å². The average Bonchev–Trinajstić information content (AvgIpc) is 3.29. The summed E-state index contributed by atoms with van der Waals surface area (Å²) < 4.78 is 5.83. The van der Waals surface area contributed by atoms with Gasteiger partial charge in [-0.1, -0.05) is 19.4 Å². The van der Waals surface area contributed by atoms with E-state index in [0.29, 0.717) is 0 Å². The Morgan fingerprint density at radius 2 is 2.00 bits per heavy atom. The molecule has 5 nitrogen and oxygen atoms in total. The second kappa shape index (κ2) is 4.86. The lowest BCUT2D eigenvalue weighted by atomic mass is 9.45. The van der Waals surface area contributed by atoms with Crippen molar-refractivity contribution in [3.8, 4) is 0 Å². The van der Waals surface area contributed by atoms with Crippen LogP contribution in [-0.2, 0) is 14.3 Å². The summed E-state index contributed by atoms with van der Waals surface area (Å²) in [6.07, 6.45) is 3.73. The van der Waals surface area contributed by atoms with Crippen molar-refractivity contribution in [2.45, 2.75) is 76.8 Å². The second-order valence-corrected chi connectivity index (χ2v) is 9.75. The molecule has 5 aliphatic rings. The van der Waals surface area contributed by atoms with Gasteiger partial charge in [-0.2, -0.15) is 0 Å². The number of ether oxygens (including phenoxy) is 1. The predicted octanol–water partition coefficient (Wildman–Crippen LogP) is 1.80. The van der Waals surface area contributed by atoms with Crippen molar-refractivity contribution >= 4 is 11.6 Å². The van der Waals surface area contributed by atoms with Crippen molar-refractivity contribution in [1.82, 2.24) is 0 Å². The monoisotopic (exact) mass is 360 g/mol. The van der Waals surface area contributed by atoms with E-state index in [4.69, 9.17) is 4.74 Å². The first kappa shape index (κ1) is 17.1. The molecule has 0 spiro atoms. The van der Waals surface area contributed by atoms with Gasteiger partial charge in [-0.25, -0.2) is 0 Å². The highest BCUT2D eigenvalue weighted by molar-refractivity contribution is 5.92. The third-order valence-electron chi connectivity index (χ3n) is 9.03. The highest BCUT2D eigenvalue weighted by Crippen LogP contribution is 2.73. The van der Waals surface area contributed by atoms with E-state index in [2.05, 4.69) is 13.8 Å². The average molecular weight is 360 g/mol. The highest BCUT2D eigenvalue weighted by atomic mass is 16.6. The van der Waals surface area contributed by atoms with Crippen molar-refractivity contribution in [1.29, 1.82) is 0 Å². The van der Waals surface area contributed by atoms with Gasteiger partial charge in [0.2, 0.25) is 0 Å². The second-order valence-electron chi connectivity index (χ2n) is 9.75. The van der Waals surface area contributed by atoms with Crippen molar-refractivity contribution in [3.05, 3.63) is 11.6 Å². The molecular formula is C21H28O5. The first-order valence-electron chi connectivity index (χ1n) is 9.97. The number of rotatable bonds is 1. The van der Waals surface area contributed by atoms with E-state index in [-0.39, 0.29) is 47.3 Å². The summed E-state index contributed by atoms with van der Waals surface area (Å²) in [4.78, 5) is 24.4. The van der Waals surface area contributed by atoms with Crippen LogP contribution >= 0.6 is 0 Å². The molecule has 0 bridgehead atoms. The number of hydrogen-bond donors (Lipinski definition) is 2. The Balaban J connectivity index is 1.57. The van der Waals surface area contributed by atoms with Crippen LogP contribution in [0, 0.1) is 28.6 Å². The number of fused-ring (bicyclic) bond motifs is 7. The molecule has 26 heavy (non-hydrogen) atoms. The number of carbonyl (C=O) groups is 2. The zero-order chi connectivity index (χ0) is 18.6. The molecule has 0 aromatic carbocycles. The number of Topliss-reactive ketones (excluding diaryl/α,β-unsaturated/α-hetero) is 1. The minimum Gasteiger partial charge on any atom is -0.392 e. The Labute approximate surface area is 153 Å². The van der Waals surface area contributed by atoms with Crippen molar-refractivity contribution in [2.24, 2.45) is 28.6 Å². The van der Waals surface area contributed by atoms with E-state index in [1.54, 1.807) is 13.0 Å². The van der Waals surface area contributed by atoms with Crippen LogP contribution in [0.25, 0.3) is 0 Å². The van der Waals surface area contributed by atoms with Crippen LogP contribution in [0.15, 0.2) is 11.6 Å². The Kier molecular flexibility index (Phi) is 3.20. The first-order valence-corrected chi connectivity index (χ1v) is 9.97. The van der Waals surface area contributed by atoms with Crippen LogP contribution in [-0.4, -0.2) is 45.7 Å². The number of aliphatic hydroxyl groups excluding tert-OH is 2. The van der Waals surface area contributed by atoms with Gasteiger partial charge in [-0.15, -0.1) is 0 Å². The molecule has 1 aliphatic heterocycles. The first-order chi connectivity index (χ1) is 12.2. The molecule has 5 rings (SSSR count). The molecule has 3 saturated carbocycles. The fraction of sp³-hybridized carbons (Fsp3) is 0.810. The molecule has 9 atom stereocenters. The van der Waals surface area contributed by atoms with E-state index >= 15 is 0 Å². The molecule has 4 fully saturated rings. The summed E-state index contributed by atoms with van der Waals surface area (Å²) in [6, 6.07) is 0. The number of aliphatic hydroxyl groups is 2. The van der Waals surface area contributed by atoms with E-state index in [9.17, 15) is 19.8 Å². The van der Waals surface area contributed by atoms with Crippen molar-refractivity contribution in [3.63, 3.8) is 0 Å². The maximum Gasteiger partial charge on any atom is 0.164 e. The summed E-state index contributed by atoms with van der Waals surface area (Å²) in [7, 11) is 0. The number of ketones is 2. The Morgan fingerprint density at radius 1 is 1.27 bits per heavy atom. The Morgan fingerprint density at radius 3 is 2.69 bits per heavy atom. The van der Waals surface area contributed by atoms with Gasteiger partial charge in [-0.05, 0) is 56.4 Å². The largest absolute Gasteiger partial charge is 0.392 e. The summed E-state index contributed by atoms with van der Waals surface area (Å²) in [5.41, 5.74) is -0.451. The van der Waals surface area contributed by atoms with E-state index in [0.717, 1.165) is 31.3 Å². The SMILES string of the molecule is CC(=O)[C@@]12O[C@@H]1[C@H](O)[C@H]1[C@@H]3CCC4=CC(=O)C[C@@H](O)[C@]4(C)[C@H]3CC[C@@]12C. The Hall–Kier alpha value is -1.04. The standard InChI is InChI=1S/C21H28O5/c1-10(22)21-18(26-21)17(25)16-13-5-4-11-8-12(23)9-15(24)20(11,3)14(13)6-7-19(16,21)2/h8,13-18,24-25H,4-7,9H2,1-3H3/t13-,14+,15-,16-,17-,18-,19+,20+,21-/m1/s1. The van der Waals surface area contributed by atoms with Crippen LogP contribution in [0.3, 0.4) is 0 Å². The van der Waals surface area contributed by atoms with Crippen molar-refractivity contribution < 1.29 is 24.5 Å². The molecule has 0 aromatic heterocycles. The minimum atomic E-state index is -0.805. The lowest BCUT2D eigenvalue weighted by molar-refractivity contribution is -0.155. The predicted molar refractivity (Wildman–Crippen MR) is 93.2 cm³/mol. The highest BCUT2D eigenvalue weighted by Gasteiger charge is 2.83. The molecule has 142 valence electrons. The van der Waals surface area contributed by atoms with Crippen LogP contribution in [0.4, 0.5) is 0 Å². The number of carbonyl (C=O) groups excluding carboxylic acids is 2. The third-order valence-corrected chi connectivity index (χ3v) is 9.03. The summed E-state index contributed by atoms with van der Waals surface area (Å²) in [5, 5.41) is 21.9. The molecule has 0 unspecified atom stereocenters. The minimum absolute atomic E-state index is 0.0205. The molecule has 4 aliphatic carbocycles. The smallest absolute Gasteiger partial charge is 0.164 e. The zero-order valence-corrected chi connectivity index (χ0v) is 15.7. The fourth-order valence-corrected chi connectivity index (χ4v) is 7.73. The molecule has 1 saturated heterocycles. The van der Waals surface area contributed by atoms with E-state index < -0.39 is 23.2 Å². The number of epoxide rings is 1. The van der Waals surface area contributed by atoms with Crippen LogP contribution in [0.5, 0.6) is 0 Å². The van der Waals surface area contributed by atoms with Gasteiger partial charge in [0, 0.05) is 17.3 Å². The van der Waals surface area contributed by atoms with Gasteiger partial charge in [-0.3, -0.25) is 9.59 Å². The van der Waals surface area contributed by atoms with Gasteiger partial charge in [0.15, 0.2) is 17.2 Å². The molecular weight excluding hydrogens is 332 g/mol. The molecule has 5 heteroatoms. The van der Waals surface area contributed by atoms with Gasteiger partial charge >= 0.3 is 0 Å². The maximum absolute atomic E-state index is 12.4. The van der Waals surface area contributed by atoms with Crippen LogP contribution in [0.2, 0.25) is 0 Å². The Bertz CT molecular complexity index is 743. The topological polar surface area (TPSA) is 87.1 Å². The normalized spacial score (nSPS) is 57.4. The van der Waals surface area contributed by atoms with Gasteiger partial charge < -0.3 is 14.9 Å². The zero-order valence-electron chi connectivity index (χ0n) is 15.7. The van der Waals surface area contributed by atoms with E-state index in [1.165, 1.54) is 0 Å². The number of hydrogen-bond acceptors (Lipinski definition) is 5. The third kappa shape index (κ3) is 1.65. The molecule has 0 radical (unpaired) electrons. The summed E-state index contributed by atoms with van der Waals surface area (Å²) >= 11 is 0. The fourth-order valence-electron chi connectivity index (χ4n) is 7.73. The molecule has 0 amide bonds. The van der Waals surface area contributed by atoms with Gasteiger partial charge in [0.25, 0.3) is 0 Å². The molecule has 1 heterocycles. The molecule has 2 N–H and O–H groups in total. The quantitative estimate of drug-likeness (QED) is 0.696. The maximum atomic E-state index is 12.4. The van der Waals surface area contributed by atoms with Gasteiger partial charge in [0.1, 0.15) is 6.10 Å². The van der Waals surface area contributed by atoms with Gasteiger partial charge in [0.05, 0.1) is 12.2 Å². The lowest BCUT2D eigenvalue weighted by Gasteiger charge is -2.59.